The Bertz CT molecular complexity index is 635. The van der Waals surface area contributed by atoms with Gasteiger partial charge in [-0.15, -0.1) is 0 Å². The van der Waals surface area contributed by atoms with E-state index in [1.54, 1.807) is 7.11 Å². The molecule has 0 saturated heterocycles. The molecule has 128 valence electrons. The summed E-state index contributed by atoms with van der Waals surface area (Å²) in [5, 5.41) is 0. The summed E-state index contributed by atoms with van der Waals surface area (Å²) in [5.74, 6) is 0.904. The maximum Gasteiger partial charge on any atom is 0.118 e. The van der Waals surface area contributed by atoms with Gasteiger partial charge in [-0.3, -0.25) is 0 Å². The van der Waals surface area contributed by atoms with E-state index in [2.05, 4.69) is 72.0 Å². The normalized spacial score (nSPS) is 12.0. The summed E-state index contributed by atoms with van der Waals surface area (Å²) in [7, 11) is 1.70. The Labute approximate surface area is 164 Å². The number of rotatable bonds is 9. The van der Waals surface area contributed by atoms with Gasteiger partial charge in [0, 0.05) is 4.90 Å². The van der Waals surface area contributed by atoms with Crippen molar-refractivity contribution in [2.24, 2.45) is 0 Å². The highest BCUT2D eigenvalue weighted by Crippen LogP contribution is 2.40. The molecular weight excluding hydrogens is 427 g/mol. The topological polar surface area (TPSA) is 9.23 Å². The minimum absolute atomic E-state index is 0.904. The summed E-state index contributed by atoms with van der Waals surface area (Å²) in [6, 6.07) is 19.1. The van der Waals surface area contributed by atoms with E-state index in [1.165, 1.54) is 44.6 Å². The van der Waals surface area contributed by atoms with Crippen molar-refractivity contribution in [3.63, 3.8) is 0 Å². The second-order valence-corrected chi connectivity index (χ2v) is 8.60. The molecule has 0 aliphatic heterocycles. The lowest BCUT2D eigenvalue weighted by atomic mass is 10.0. The quantitative estimate of drug-likeness (QED) is 0.221. The zero-order valence-corrected chi connectivity index (χ0v) is 17.4. The molecule has 0 amide bonds. The fourth-order valence-corrected chi connectivity index (χ4v) is 4.70. The smallest absolute Gasteiger partial charge is 0.118 e. The van der Waals surface area contributed by atoms with Crippen molar-refractivity contribution in [1.82, 2.24) is 0 Å². The van der Waals surface area contributed by atoms with Crippen LogP contribution >= 0.6 is 34.4 Å². The number of unbranched alkanes of at least 4 members (excludes halogenated alkanes) is 3. The lowest BCUT2D eigenvalue weighted by Gasteiger charge is -2.12. The molecule has 0 spiro atoms. The molecule has 2 aromatic rings. The second-order valence-electron chi connectivity index (χ2n) is 5.71. The van der Waals surface area contributed by atoms with Crippen LogP contribution in [0, 0.1) is 0 Å². The third kappa shape index (κ3) is 6.17. The maximum absolute atomic E-state index is 5.24. The fourth-order valence-electron chi connectivity index (χ4n) is 2.53. The van der Waals surface area contributed by atoms with Crippen LogP contribution in [0.1, 0.15) is 44.6 Å². The lowest BCUT2D eigenvalue weighted by molar-refractivity contribution is 0.414. The van der Waals surface area contributed by atoms with E-state index >= 15 is 0 Å². The highest BCUT2D eigenvalue weighted by atomic mass is 127. The van der Waals surface area contributed by atoms with Crippen molar-refractivity contribution in [2.45, 2.75) is 43.9 Å². The summed E-state index contributed by atoms with van der Waals surface area (Å²) >= 11 is 4.34. The predicted molar refractivity (Wildman–Crippen MR) is 115 cm³/mol. The van der Waals surface area contributed by atoms with Gasteiger partial charge in [-0.2, -0.15) is 0 Å². The zero-order valence-electron chi connectivity index (χ0n) is 14.4. The first-order valence-corrected chi connectivity index (χ1v) is 10.4. The van der Waals surface area contributed by atoms with E-state index in [1.807, 2.05) is 23.9 Å². The summed E-state index contributed by atoms with van der Waals surface area (Å²) in [4.78, 5) is 1.25. The number of benzene rings is 2. The summed E-state index contributed by atoms with van der Waals surface area (Å²) in [5.41, 5.74) is 2.81. The molecule has 3 heteroatoms. The van der Waals surface area contributed by atoms with Crippen molar-refractivity contribution >= 4 is 39.9 Å². The fraction of sp³-hybridized carbons (Fsp3) is 0.333. The molecule has 2 aromatic carbocycles. The minimum atomic E-state index is 0.904. The van der Waals surface area contributed by atoms with Crippen molar-refractivity contribution in [2.75, 3.05) is 7.11 Å². The summed E-state index contributed by atoms with van der Waals surface area (Å²) in [6.45, 7) is 2.26. The molecule has 2 rings (SSSR count). The molecule has 0 radical (unpaired) electrons. The number of halogens is 1. The van der Waals surface area contributed by atoms with Crippen LogP contribution in [0.5, 0.6) is 5.75 Å². The first-order valence-electron chi connectivity index (χ1n) is 8.50. The van der Waals surface area contributed by atoms with Gasteiger partial charge in [0.15, 0.2) is 0 Å². The number of thioether (sulfide) groups is 1. The van der Waals surface area contributed by atoms with E-state index in [9.17, 15) is 0 Å². The Hall–Kier alpha value is -0.940. The third-order valence-electron chi connectivity index (χ3n) is 3.91. The van der Waals surface area contributed by atoms with Gasteiger partial charge in [0.25, 0.3) is 0 Å². The molecule has 0 bridgehead atoms. The number of hydrogen-bond acceptors (Lipinski definition) is 2. The van der Waals surface area contributed by atoms with Crippen LogP contribution in [0.3, 0.4) is 0 Å². The Morgan fingerprint density at radius 1 is 0.958 bits per heavy atom. The minimum Gasteiger partial charge on any atom is -0.497 e. The van der Waals surface area contributed by atoms with Gasteiger partial charge < -0.3 is 4.74 Å². The van der Waals surface area contributed by atoms with Crippen LogP contribution in [0.4, 0.5) is 0 Å². The molecular formula is C21H25IOS. The number of hydrogen-bond donors (Lipinski definition) is 0. The molecule has 0 heterocycles. The molecule has 1 nitrogen and oxygen atoms in total. The van der Waals surface area contributed by atoms with Gasteiger partial charge in [-0.1, -0.05) is 68.3 Å². The summed E-state index contributed by atoms with van der Waals surface area (Å²) in [6.07, 6.45) is 6.31. The highest BCUT2D eigenvalue weighted by Gasteiger charge is 2.09. The largest absolute Gasteiger partial charge is 0.497 e. The molecule has 0 aliphatic carbocycles. The standard InChI is InChI=1S/C21H25IOS/c1-3-4-5-9-12-20(17-10-7-6-8-11-17)21(22)24-19-15-13-18(23-2)14-16-19/h6-8,10-11,13-16H,3-5,9,12H2,1-2H3/b21-20-. The summed E-state index contributed by atoms with van der Waals surface area (Å²) < 4.78 is 6.61. The first kappa shape index (κ1) is 19.4. The lowest BCUT2D eigenvalue weighted by Crippen LogP contribution is -1.88. The van der Waals surface area contributed by atoms with E-state index < -0.39 is 0 Å². The molecule has 0 aromatic heterocycles. The third-order valence-corrected chi connectivity index (χ3v) is 6.15. The molecule has 0 aliphatic rings. The zero-order chi connectivity index (χ0) is 17.2. The molecule has 0 fully saturated rings. The van der Waals surface area contributed by atoms with Gasteiger partial charge in [0.05, 0.1) is 10.0 Å². The maximum atomic E-state index is 5.24. The predicted octanol–water partition coefficient (Wildman–Crippen LogP) is 7.56. The number of allylic oxidation sites excluding steroid dienone is 1. The van der Waals surface area contributed by atoms with E-state index in [4.69, 9.17) is 4.74 Å². The number of ether oxygens (including phenoxy) is 1. The molecule has 0 saturated carbocycles. The average molecular weight is 452 g/mol. The van der Waals surface area contributed by atoms with Crippen molar-refractivity contribution < 1.29 is 4.74 Å². The Balaban J connectivity index is 2.16. The molecule has 24 heavy (non-hydrogen) atoms. The van der Waals surface area contributed by atoms with Crippen LogP contribution in [-0.2, 0) is 0 Å². The van der Waals surface area contributed by atoms with Crippen LogP contribution in [0.25, 0.3) is 5.57 Å². The van der Waals surface area contributed by atoms with Gasteiger partial charge in [0.2, 0.25) is 0 Å². The molecule has 0 unspecified atom stereocenters. The van der Waals surface area contributed by atoms with Crippen LogP contribution < -0.4 is 4.74 Å². The second kappa shape index (κ2) is 10.8. The monoisotopic (exact) mass is 452 g/mol. The van der Waals surface area contributed by atoms with Gasteiger partial charge in [-0.05, 0) is 70.8 Å². The SMILES string of the molecule is CCCCCC/C(=C(\I)Sc1ccc(OC)cc1)c1ccccc1. The Morgan fingerprint density at radius 2 is 1.67 bits per heavy atom. The van der Waals surface area contributed by atoms with Crippen LogP contribution in [0.2, 0.25) is 0 Å². The molecule has 0 N–H and O–H groups in total. The Morgan fingerprint density at radius 3 is 2.29 bits per heavy atom. The number of methoxy groups -OCH3 is 1. The van der Waals surface area contributed by atoms with E-state index in [0.29, 0.717) is 0 Å². The van der Waals surface area contributed by atoms with Crippen LogP contribution in [-0.4, -0.2) is 7.11 Å². The highest BCUT2D eigenvalue weighted by molar-refractivity contribution is 14.1. The average Bonchev–Trinajstić information content (AvgIpc) is 2.63. The van der Waals surface area contributed by atoms with Gasteiger partial charge in [0.1, 0.15) is 5.75 Å². The van der Waals surface area contributed by atoms with Gasteiger partial charge >= 0.3 is 0 Å². The molecule has 0 atom stereocenters. The Kier molecular flexibility index (Phi) is 8.75. The van der Waals surface area contributed by atoms with Crippen LogP contribution in [0.15, 0.2) is 62.4 Å². The first-order chi connectivity index (χ1) is 11.7. The van der Waals surface area contributed by atoms with Gasteiger partial charge in [-0.25, -0.2) is 0 Å². The van der Waals surface area contributed by atoms with Crippen molar-refractivity contribution in [1.29, 1.82) is 0 Å². The van der Waals surface area contributed by atoms with Crippen molar-refractivity contribution in [3.05, 3.63) is 63.1 Å². The van der Waals surface area contributed by atoms with Crippen molar-refractivity contribution in [3.8, 4) is 5.75 Å². The van der Waals surface area contributed by atoms with E-state index in [-0.39, 0.29) is 0 Å². The van der Waals surface area contributed by atoms with E-state index in [0.717, 1.165) is 12.2 Å².